The standard InChI is InChI=1S/C21H22N6/c22-14-20-21(25-10-9-24-20)26-11-12-27-18(5-2-6-19(27)15-26)8-7-16-3-1-4-17(23)13-16/h1,3-4,9-10,13,18-19H,2,5-6,11-12,15,23H2. The van der Waals surface area contributed by atoms with Crippen molar-refractivity contribution < 1.29 is 0 Å². The maximum atomic E-state index is 9.30. The van der Waals surface area contributed by atoms with Gasteiger partial charge in [0.15, 0.2) is 11.5 Å². The van der Waals surface area contributed by atoms with E-state index in [-0.39, 0.29) is 6.04 Å². The number of nitrogen functional groups attached to an aromatic ring is 1. The van der Waals surface area contributed by atoms with Crippen LogP contribution in [0.2, 0.25) is 0 Å². The first-order valence-electron chi connectivity index (χ1n) is 9.33. The van der Waals surface area contributed by atoms with Crippen LogP contribution in [0.25, 0.3) is 0 Å². The minimum Gasteiger partial charge on any atom is -0.399 e. The zero-order chi connectivity index (χ0) is 18.6. The largest absolute Gasteiger partial charge is 0.399 e. The number of nitrogens with zero attached hydrogens (tertiary/aromatic N) is 5. The minimum atomic E-state index is 0.268. The molecule has 136 valence electrons. The number of hydrogen-bond donors (Lipinski definition) is 1. The number of nitrogens with two attached hydrogens (primary N) is 1. The van der Waals surface area contributed by atoms with Crippen molar-refractivity contribution in [3.63, 3.8) is 0 Å². The molecular weight excluding hydrogens is 336 g/mol. The maximum Gasteiger partial charge on any atom is 0.183 e. The summed E-state index contributed by atoms with van der Waals surface area (Å²) in [6.45, 7) is 2.62. The highest BCUT2D eigenvalue weighted by Gasteiger charge is 2.35. The van der Waals surface area contributed by atoms with Crippen molar-refractivity contribution >= 4 is 11.5 Å². The van der Waals surface area contributed by atoms with Crippen molar-refractivity contribution in [2.75, 3.05) is 30.3 Å². The van der Waals surface area contributed by atoms with Gasteiger partial charge in [-0.2, -0.15) is 5.26 Å². The van der Waals surface area contributed by atoms with Gasteiger partial charge in [-0.3, -0.25) is 4.90 Å². The van der Waals surface area contributed by atoms with Gasteiger partial charge in [-0.25, -0.2) is 9.97 Å². The first-order valence-corrected chi connectivity index (χ1v) is 9.33. The molecule has 2 saturated heterocycles. The monoisotopic (exact) mass is 358 g/mol. The number of rotatable bonds is 1. The van der Waals surface area contributed by atoms with Crippen molar-refractivity contribution in [2.24, 2.45) is 0 Å². The Morgan fingerprint density at radius 1 is 1.15 bits per heavy atom. The molecule has 2 aliphatic rings. The lowest BCUT2D eigenvalue weighted by molar-refractivity contribution is 0.100. The van der Waals surface area contributed by atoms with Crippen molar-refractivity contribution in [3.05, 3.63) is 47.9 Å². The Bertz CT molecular complexity index is 922. The summed E-state index contributed by atoms with van der Waals surface area (Å²) in [5.74, 6) is 7.46. The predicted molar refractivity (Wildman–Crippen MR) is 105 cm³/mol. The smallest absolute Gasteiger partial charge is 0.183 e. The topological polar surface area (TPSA) is 82.1 Å². The molecule has 2 atom stereocenters. The summed E-state index contributed by atoms with van der Waals surface area (Å²) in [5, 5.41) is 9.30. The number of fused-ring (bicyclic) bond motifs is 1. The van der Waals surface area contributed by atoms with Gasteiger partial charge in [0.2, 0.25) is 0 Å². The highest BCUT2D eigenvalue weighted by atomic mass is 15.3. The van der Waals surface area contributed by atoms with Crippen LogP contribution >= 0.6 is 0 Å². The molecule has 6 nitrogen and oxygen atoms in total. The molecule has 1 aromatic carbocycles. The fourth-order valence-corrected chi connectivity index (χ4v) is 4.02. The Kier molecular flexibility index (Phi) is 4.91. The lowest BCUT2D eigenvalue weighted by atomic mass is 9.93. The van der Waals surface area contributed by atoms with E-state index in [4.69, 9.17) is 5.73 Å². The molecule has 0 bridgehead atoms. The molecule has 2 unspecified atom stereocenters. The average Bonchev–Trinajstić information content (AvgIpc) is 2.71. The van der Waals surface area contributed by atoms with Crippen molar-refractivity contribution in [3.8, 4) is 17.9 Å². The third-order valence-electron chi connectivity index (χ3n) is 5.30. The first kappa shape index (κ1) is 17.3. The van der Waals surface area contributed by atoms with Crippen LogP contribution in [0.4, 0.5) is 11.5 Å². The Morgan fingerprint density at radius 2 is 2.04 bits per heavy atom. The van der Waals surface area contributed by atoms with Gasteiger partial charge in [0.25, 0.3) is 0 Å². The van der Waals surface area contributed by atoms with Crippen LogP contribution in [-0.4, -0.2) is 46.6 Å². The van der Waals surface area contributed by atoms with Gasteiger partial charge in [0, 0.05) is 49.3 Å². The lowest BCUT2D eigenvalue weighted by Gasteiger charge is -2.47. The Balaban J connectivity index is 1.49. The van der Waals surface area contributed by atoms with Crippen molar-refractivity contribution in [2.45, 2.75) is 31.3 Å². The summed E-state index contributed by atoms with van der Waals surface area (Å²) in [5.41, 5.74) is 7.96. The van der Waals surface area contributed by atoms with E-state index in [9.17, 15) is 5.26 Å². The molecule has 6 heteroatoms. The maximum absolute atomic E-state index is 9.30. The molecule has 3 heterocycles. The molecule has 27 heavy (non-hydrogen) atoms. The summed E-state index contributed by atoms with van der Waals surface area (Å²) < 4.78 is 0. The van der Waals surface area contributed by atoms with Crippen LogP contribution in [0.1, 0.15) is 30.5 Å². The van der Waals surface area contributed by atoms with Crippen molar-refractivity contribution in [1.29, 1.82) is 5.26 Å². The van der Waals surface area contributed by atoms with E-state index in [2.05, 4.69) is 37.7 Å². The normalized spacial score (nSPS) is 22.3. The second-order valence-electron chi connectivity index (χ2n) is 7.02. The van der Waals surface area contributed by atoms with E-state index >= 15 is 0 Å². The van der Waals surface area contributed by atoms with E-state index in [0.29, 0.717) is 17.6 Å². The fraction of sp³-hybridized carbons (Fsp3) is 0.381. The third-order valence-corrected chi connectivity index (χ3v) is 5.30. The van der Waals surface area contributed by atoms with Crippen LogP contribution in [0, 0.1) is 23.2 Å². The van der Waals surface area contributed by atoms with Gasteiger partial charge >= 0.3 is 0 Å². The Hall–Kier alpha value is -3.09. The summed E-state index contributed by atoms with van der Waals surface area (Å²) >= 11 is 0. The Morgan fingerprint density at radius 3 is 2.89 bits per heavy atom. The average molecular weight is 358 g/mol. The number of piperazine rings is 1. The van der Waals surface area contributed by atoms with E-state index in [1.54, 1.807) is 12.4 Å². The molecular formula is C21H22N6. The highest BCUT2D eigenvalue weighted by Crippen LogP contribution is 2.28. The van der Waals surface area contributed by atoms with Crippen LogP contribution in [0.3, 0.4) is 0 Å². The van der Waals surface area contributed by atoms with Gasteiger partial charge < -0.3 is 10.6 Å². The Labute approximate surface area is 159 Å². The number of anilines is 2. The van der Waals surface area contributed by atoms with Crippen molar-refractivity contribution in [1.82, 2.24) is 14.9 Å². The zero-order valence-corrected chi connectivity index (χ0v) is 15.2. The van der Waals surface area contributed by atoms with E-state index < -0.39 is 0 Å². The van der Waals surface area contributed by atoms with E-state index in [1.807, 2.05) is 24.3 Å². The SMILES string of the molecule is N#Cc1nccnc1N1CCN2C(C#Cc3cccc(N)c3)CCCC2C1. The lowest BCUT2D eigenvalue weighted by Crippen LogP contribution is -2.58. The van der Waals surface area contributed by atoms with Gasteiger partial charge in [0.05, 0.1) is 6.04 Å². The molecule has 0 amide bonds. The minimum absolute atomic E-state index is 0.268. The molecule has 0 radical (unpaired) electrons. The molecule has 2 N–H and O–H groups in total. The van der Waals surface area contributed by atoms with Gasteiger partial charge in [-0.15, -0.1) is 0 Å². The number of aromatic nitrogens is 2. The van der Waals surface area contributed by atoms with Gasteiger partial charge in [-0.05, 0) is 37.5 Å². The van der Waals surface area contributed by atoms with Crippen LogP contribution in [0.5, 0.6) is 0 Å². The second kappa shape index (κ2) is 7.65. The first-order chi connectivity index (χ1) is 13.2. The second-order valence-corrected chi connectivity index (χ2v) is 7.02. The van der Waals surface area contributed by atoms with Gasteiger partial charge in [0.1, 0.15) is 6.07 Å². The van der Waals surface area contributed by atoms with Crippen LogP contribution in [0.15, 0.2) is 36.7 Å². The molecule has 4 rings (SSSR count). The number of piperidine rings is 1. The molecule has 2 fully saturated rings. The van der Waals surface area contributed by atoms with E-state index in [0.717, 1.165) is 50.1 Å². The van der Waals surface area contributed by atoms with Crippen LogP contribution in [-0.2, 0) is 0 Å². The predicted octanol–water partition coefficient (Wildman–Crippen LogP) is 2.03. The molecule has 2 aromatic rings. The zero-order valence-electron chi connectivity index (χ0n) is 15.2. The number of nitriles is 1. The molecule has 0 spiro atoms. The fourth-order valence-electron chi connectivity index (χ4n) is 4.02. The van der Waals surface area contributed by atoms with Gasteiger partial charge in [-0.1, -0.05) is 17.9 Å². The molecule has 0 aliphatic carbocycles. The van der Waals surface area contributed by atoms with Crippen LogP contribution < -0.4 is 10.6 Å². The summed E-state index contributed by atoms with van der Waals surface area (Å²) in [4.78, 5) is 13.3. The third kappa shape index (κ3) is 3.72. The number of benzene rings is 1. The number of hydrogen-bond acceptors (Lipinski definition) is 6. The summed E-state index contributed by atoms with van der Waals surface area (Å²) in [6.07, 6.45) is 6.64. The highest BCUT2D eigenvalue weighted by molar-refractivity contribution is 5.50. The quantitative estimate of drug-likeness (QED) is 0.620. The van der Waals surface area contributed by atoms with E-state index in [1.165, 1.54) is 0 Å². The summed E-state index contributed by atoms with van der Waals surface area (Å²) in [6, 6.07) is 10.6. The molecule has 1 aromatic heterocycles. The molecule has 2 aliphatic heterocycles. The molecule has 0 saturated carbocycles. The summed E-state index contributed by atoms with van der Waals surface area (Å²) in [7, 11) is 0.